The van der Waals surface area contributed by atoms with Crippen LogP contribution in [-0.2, 0) is 12.8 Å². The van der Waals surface area contributed by atoms with Gasteiger partial charge in [-0.15, -0.1) is 11.3 Å². The number of amides is 1. The number of hydrogen-bond acceptors (Lipinski definition) is 2. The Kier molecular flexibility index (Phi) is 5.80. The van der Waals surface area contributed by atoms with Crippen molar-refractivity contribution in [3.63, 3.8) is 0 Å². The van der Waals surface area contributed by atoms with Crippen molar-refractivity contribution < 1.29 is 4.79 Å². The lowest BCUT2D eigenvalue weighted by atomic mass is 10.1. The minimum Gasteiger partial charge on any atom is -0.321 e. The summed E-state index contributed by atoms with van der Waals surface area (Å²) in [6.07, 6.45) is 3.09. The van der Waals surface area contributed by atoms with E-state index in [0.29, 0.717) is 0 Å². The molecular weight excluding hydrogens is 334 g/mol. The molecule has 0 fully saturated rings. The first-order valence-electron chi connectivity index (χ1n) is 6.78. The highest BCUT2D eigenvalue weighted by atomic mass is 79.9. The lowest BCUT2D eigenvalue weighted by Crippen LogP contribution is -2.10. The van der Waals surface area contributed by atoms with Gasteiger partial charge in [0.05, 0.1) is 4.88 Å². The SMILES string of the molecule is CCc1ccc(C(=O)Nc2cccc(CCCBr)c2)s1. The predicted octanol–water partition coefficient (Wildman–Crippen LogP) is 4.89. The number of halogens is 1. The van der Waals surface area contributed by atoms with Gasteiger partial charge >= 0.3 is 0 Å². The third kappa shape index (κ3) is 4.18. The third-order valence-corrected chi connectivity index (χ3v) is 4.81. The first kappa shape index (κ1) is 15.3. The maximum Gasteiger partial charge on any atom is 0.265 e. The standard InChI is InChI=1S/C16H18BrNOS/c1-2-14-8-9-15(20-14)16(19)18-13-7-3-5-12(11-13)6-4-10-17/h3,5,7-9,11H,2,4,6,10H2,1H3,(H,18,19). The lowest BCUT2D eigenvalue weighted by molar-refractivity contribution is 0.103. The maximum atomic E-state index is 12.2. The number of anilines is 1. The molecule has 2 nitrogen and oxygen atoms in total. The molecule has 0 aliphatic heterocycles. The number of thiophene rings is 1. The molecule has 2 aromatic rings. The fourth-order valence-corrected chi connectivity index (χ4v) is 3.08. The summed E-state index contributed by atoms with van der Waals surface area (Å²) in [7, 11) is 0. The Hall–Kier alpha value is -1.13. The molecule has 0 bridgehead atoms. The molecule has 0 atom stereocenters. The first-order chi connectivity index (χ1) is 9.72. The number of carbonyl (C=O) groups excluding carboxylic acids is 1. The van der Waals surface area contributed by atoms with Crippen molar-refractivity contribution in [2.45, 2.75) is 26.2 Å². The lowest BCUT2D eigenvalue weighted by Gasteiger charge is -2.06. The predicted molar refractivity (Wildman–Crippen MR) is 90.2 cm³/mol. The number of alkyl halides is 1. The van der Waals surface area contributed by atoms with Crippen molar-refractivity contribution in [2.75, 3.05) is 10.6 Å². The van der Waals surface area contributed by atoms with E-state index < -0.39 is 0 Å². The van der Waals surface area contributed by atoms with Crippen LogP contribution in [0.25, 0.3) is 0 Å². The van der Waals surface area contributed by atoms with Gasteiger partial charge in [-0.1, -0.05) is 35.0 Å². The molecule has 1 aromatic carbocycles. The quantitative estimate of drug-likeness (QED) is 0.737. The zero-order valence-electron chi connectivity index (χ0n) is 11.5. The van der Waals surface area contributed by atoms with Gasteiger partial charge in [-0.3, -0.25) is 4.79 Å². The van der Waals surface area contributed by atoms with Crippen molar-refractivity contribution in [2.24, 2.45) is 0 Å². The van der Waals surface area contributed by atoms with Gasteiger partial charge in [-0.05, 0) is 49.1 Å². The van der Waals surface area contributed by atoms with Crippen molar-refractivity contribution in [1.29, 1.82) is 0 Å². The maximum absolute atomic E-state index is 12.2. The molecule has 20 heavy (non-hydrogen) atoms. The third-order valence-electron chi connectivity index (χ3n) is 3.02. The second kappa shape index (κ2) is 7.60. The van der Waals surface area contributed by atoms with E-state index in [1.54, 1.807) is 11.3 Å². The Balaban J connectivity index is 2.03. The van der Waals surface area contributed by atoms with Gasteiger partial charge < -0.3 is 5.32 Å². The number of aryl methyl sites for hydroxylation is 2. The minimum atomic E-state index is -0.0210. The van der Waals surface area contributed by atoms with Crippen molar-refractivity contribution in [3.8, 4) is 0 Å². The van der Waals surface area contributed by atoms with Crippen LogP contribution < -0.4 is 5.32 Å². The van der Waals surface area contributed by atoms with Crippen LogP contribution in [0.4, 0.5) is 5.69 Å². The monoisotopic (exact) mass is 351 g/mol. The molecule has 1 amide bonds. The smallest absolute Gasteiger partial charge is 0.265 e. The summed E-state index contributed by atoms with van der Waals surface area (Å²) in [5, 5.41) is 3.97. The molecule has 0 saturated heterocycles. The van der Waals surface area contributed by atoms with E-state index in [9.17, 15) is 4.79 Å². The van der Waals surface area contributed by atoms with E-state index in [1.807, 2.05) is 24.3 Å². The van der Waals surface area contributed by atoms with Crippen LogP contribution in [0.15, 0.2) is 36.4 Å². The average molecular weight is 352 g/mol. The molecule has 1 heterocycles. The Morgan fingerprint density at radius 1 is 1.30 bits per heavy atom. The molecular formula is C16H18BrNOS. The highest BCUT2D eigenvalue weighted by Crippen LogP contribution is 2.19. The number of hydrogen-bond donors (Lipinski definition) is 1. The summed E-state index contributed by atoms with van der Waals surface area (Å²) in [6.45, 7) is 2.10. The van der Waals surface area contributed by atoms with E-state index in [1.165, 1.54) is 10.4 Å². The van der Waals surface area contributed by atoms with E-state index in [0.717, 1.165) is 35.2 Å². The highest BCUT2D eigenvalue weighted by molar-refractivity contribution is 9.09. The summed E-state index contributed by atoms with van der Waals surface area (Å²) < 4.78 is 0. The van der Waals surface area contributed by atoms with Gasteiger partial charge in [0.1, 0.15) is 0 Å². The van der Waals surface area contributed by atoms with Gasteiger partial charge in [0.2, 0.25) is 0 Å². The van der Waals surface area contributed by atoms with Crippen LogP contribution in [0.3, 0.4) is 0 Å². The van der Waals surface area contributed by atoms with E-state index in [4.69, 9.17) is 0 Å². The van der Waals surface area contributed by atoms with Gasteiger partial charge in [-0.25, -0.2) is 0 Å². The Morgan fingerprint density at radius 2 is 2.15 bits per heavy atom. The minimum absolute atomic E-state index is 0.0210. The molecule has 0 aliphatic rings. The Labute approximate surface area is 132 Å². The molecule has 0 unspecified atom stereocenters. The number of carbonyl (C=O) groups is 1. The number of nitrogens with one attached hydrogen (secondary N) is 1. The molecule has 1 aromatic heterocycles. The molecule has 4 heteroatoms. The van der Waals surface area contributed by atoms with Crippen molar-refractivity contribution in [3.05, 3.63) is 51.7 Å². The summed E-state index contributed by atoms with van der Waals surface area (Å²) >= 11 is 5.00. The second-order valence-electron chi connectivity index (χ2n) is 4.57. The van der Waals surface area contributed by atoms with E-state index in [2.05, 4.69) is 40.3 Å². The van der Waals surface area contributed by atoms with E-state index >= 15 is 0 Å². The average Bonchev–Trinajstić information content (AvgIpc) is 2.94. The second-order valence-corrected chi connectivity index (χ2v) is 6.53. The van der Waals surface area contributed by atoms with Crippen LogP contribution in [0.5, 0.6) is 0 Å². The normalized spacial score (nSPS) is 10.5. The van der Waals surface area contributed by atoms with Crippen LogP contribution in [-0.4, -0.2) is 11.2 Å². The van der Waals surface area contributed by atoms with Crippen LogP contribution in [0.1, 0.15) is 33.5 Å². The van der Waals surface area contributed by atoms with Gasteiger partial charge in [0, 0.05) is 15.9 Å². The molecule has 2 rings (SSSR count). The van der Waals surface area contributed by atoms with Gasteiger partial charge in [-0.2, -0.15) is 0 Å². The summed E-state index contributed by atoms with van der Waals surface area (Å²) in [6, 6.07) is 12.0. The van der Waals surface area contributed by atoms with Crippen LogP contribution in [0, 0.1) is 0 Å². The van der Waals surface area contributed by atoms with Gasteiger partial charge in [0.15, 0.2) is 0 Å². The van der Waals surface area contributed by atoms with Crippen molar-refractivity contribution in [1.82, 2.24) is 0 Å². The molecule has 0 aliphatic carbocycles. The topological polar surface area (TPSA) is 29.1 Å². The number of benzene rings is 1. The molecule has 106 valence electrons. The highest BCUT2D eigenvalue weighted by Gasteiger charge is 2.09. The Bertz CT molecular complexity index is 579. The molecule has 0 spiro atoms. The first-order valence-corrected chi connectivity index (χ1v) is 8.71. The summed E-state index contributed by atoms with van der Waals surface area (Å²) in [5.41, 5.74) is 2.12. The summed E-state index contributed by atoms with van der Waals surface area (Å²) in [5.74, 6) is -0.0210. The number of rotatable bonds is 6. The van der Waals surface area contributed by atoms with Crippen LogP contribution >= 0.6 is 27.3 Å². The fraction of sp³-hybridized carbons (Fsp3) is 0.312. The fourth-order valence-electron chi connectivity index (χ4n) is 1.96. The zero-order chi connectivity index (χ0) is 14.4. The van der Waals surface area contributed by atoms with Crippen LogP contribution in [0.2, 0.25) is 0 Å². The largest absolute Gasteiger partial charge is 0.321 e. The van der Waals surface area contributed by atoms with Crippen molar-refractivity contribution >= 4 is 38.9 Å². The van der Waals surface area contributed by atoms with Gasteiger partial charge in [0.25, 0.3) is 5.91 Å². The zero-order valence-corrected chi connectivity index (χ0v) is 13.9. The summed E-state index contributed by atoms with van der Waals surface area (Å²) in [4.78, 5) is 14.2. The molecule has 0 saturated carbocycles. The Morgan fingerprint density at radius 3 is 2.85 bits per heavy atom. The van der Waals surface area contributed by atoms with E-state index in [-0.39, 0.29) is 5.91 Å². The molecule has 0 radical (unpaired) electrons. The molecule has 1 N–H and O–H groups in total.